The second-order valence-electron chi connectivity index (χ2n) is 3.75. The highest BCUT2D eigenvalue weighted by Gasteiger charge is 2.26. The molecule has 6 nitrogen and oxygen atoms in total. The number of nitro groups is 1. The van der Waals surface area contributed by atoms with Crippen LogP contribution in [0.2, 0.25) is 0 Å². The van der Waals surface area contributed by atoms with Gasteiger partial charge in [0.1, 0.15) is 11.4 Å². The fourth-order valence-electron chi connectivity index (χ4n) is 1.27. The van der Waals surface area contributed by atoms with Crippen LogP contribution in [0.5, 0.6) is 0 Å². The summed E-state index contributed by atoms with van der Waals surface area (Å²) in [5.74, 6) is -4.42. The molecule has 0 saturated carbocycles. The maximum Gasteiger partial charge on any atom is 0.305 e. The smallest absolute Gasteiger partial charge is 0.305 e. The first-order chi connectivity index (χ1) is 8.88. The average Bonchev–Trinajstić information content (AvgIpc) is 2.35. The number of nitriles is 1. The molecule has 100 valence electrons. The lowest BCUT2D eigenvalue weighted by molar-refractivity contribution is -0.387. The monoisotopic (exact) mass is 269 g/mol. The molecule has 0 aliphatic rings. The summed E-state index contributed by atoms with van der Waals surface area (Å²) in [4.78, 5) is 21.0. The minimum absolute atomic E-state index is 0.114. The Balaban J connectivity index is 3.06. The van der Waals surface area contributed by atoms with Crippen molar-refractivity contribution in [2.45, 2.75) is 6.92 Å². The van der Waals surface area contributed by atoms with Crippen LogP contribution in [0.1, 0.15) is 17.3 Å². The van der Waals surface area contributed by atoms with Crippen LogP contribution < -0.4 is 5.32 Å². The summed E-state index contributed by atoms with van der Waals surface area (Å²) >= 11 is 0. The third-order valence-electron chi connectivity index (χ3n) is 2.28. The molecule has 1 rings (SSSR count). The standard InChI is InChI=1S/C11H9F2N3O3/c1-6(4-14)5-15-11(17)9-7(12)2-3-8(10(9)13)16(18)19/h2-3,6H,5H2,1H3,(H,15,17). The Morgan fingerprint density at radius 3 is 2.74 bits per heavy atom. The molecule has 8 heteroatoms. The van der Waals surface area contributed by atoms with Gasteiger partial charge in [0, 0.05) is 12.6 Å². The predicted molar refractivity (Wildman–Crippen MR) is 60.1 cm³/mol. The van der Waals surface area contributed by atoms with E-state index in [4.69, 9.17) is 5.26 Å². The van der Waals surface area contributed by atoms with E-state index in [2.05, 4.69) is 5.32 Å². The molecule has 1 N–H and O–H groups in total. The van der Waals surface area contributed by atoms with Crippen LogP contribution >= 0.6 is 0 Å². The Bertz CT molecular complexity index is 569. The third-order valence-corrected chi connectivity index (χ3v) is 2.28. The average molecular weight is 269 g/mol. The minimum Gasteiger partial charge on any atom is -0.351 e. The van der Waals surface area contributed by atoms with Crippen LogP contribution in [0.15, 0.2) is 12.1 Å². The van der Waals surface area contributed by atoms with Crippen LogP contribution in [0.4, 0.5) is 14.5 Å². The van der Waals surface area contributed by atoms with Crippen molar-refractivity contribution < 1.29 is 18.5 Å². The van der Waals surface area contributed by atoms with Gasteiger partial charge in [-0.05, 0) is 13.0 Å². The van der Waals surface area contributed by atoms with E-state index in [0.717, 1.165) is 0 Å². The molecule has 1 atom stereocenters. The van der Waals surface area contributed by atoms with Gasteiger partial charge in [0.05, 0.1) is 16.9 Å². The van der Waals surface area contributed by atoms with Gasteiger partial charge in [-0.25, -0.2) is 4.39 Å². The molecular formula is C11H9F2N3O3. The van der Waals surface area contributed by atoms with E-state index < -0.39 is 39.6 Å². The van der Waals surface area contributed by atoms with Gasteiger partial charge in [0.2, 0.25) is 5.82 Å². The fourth-order valence-corrected chi connectivity index (χ4v) is 1.27. The number of benzene rings is 1. The fraction of sp³-hybridized carbons (Fsp3) is 0.273. The number of nitro benzene ring substituents is 1. The highest BCUT2D eigenvalue weighted by molar-refractivity contribution is 5.95. The zero-order valence-corrected chi connectivity index (χ0v) is 9.81. The Labute approximate surface area is 106 Å². The maximum absolute atomic E-state index is 13.6. The molecule has 0 aromatic heterocycles. The van der Waals surface area contributed by atoms with Gasteiger partial charge in [-0.3, -0.25) is 14.9 Å². The topological polar surface area (TPSA) is 96.0 Å². The lowest BCUT2D eigenvalue weighted by Crippen LogP contribution is -2.29. The van der Waals surface area contributed by atoms with E-state index in [9.17, 15) is 23.7 Å². The number of hydrogen-bond acceptors (Lipinski definition) is 4. The summed E-state index contributed by atoms with van der Waals surface area (Å²) in [5.41, 5.74) is -2.01. The maximum atomic E-state index is 13.6. The number of carbonyl (C=O) groups excluding carboxylic acids is 1. The molecule has 0 aliphatic carbocycles. The molecule has 0 radical (unpaired) electrons. The van der Waals surface area contributed by atoms with Crippen molar-refractivity contribution in [1.29, 1.82) is 5.26 Å². The molecule has 1 amide bonds. The van der Waals surface area contributed by atoms with Gasteiger partial charge >= 0.3 is 5.69 Å². The van der Waals surface area contributed by atoms with Gasteiger partial charge in [-0.15, -0.1) is 0 Å². The second-order valence-corrected chi connectivity index (χ2v) is 3.75. The number of carbonyl (C=O) groups is 1. The summed E-state index contributed by atoms with van der Waals surface area (Å²) in [5, 5.41) is 21.1. The van der Waals surface area contributed by atoms with Crippen LogP contribution in [0.25, 0.3) is 0 Å². The Morgan fingerprint density at radius 1 is 1.58 bits per heavy atom. The normalized spacial score (nSPS) is 11.5. The first-order valence-electron chi connectivity index (χ1n) is 5.18. The third kappa shape index (κ3) is 3.22. The number of amides is 1. The van der Waals surface area contributed by atoms with Crippen molar-refractivity contribution in [2.75, 3.05) is 6.54 Å². The van der Waals surface area contributed by atoms with Gasteiger partial charge in [0.25, 0.3) is 5.91 Å². The summed E-state index contributed by atoms with van der Waals surface area (Å²) in [7, 11) is 0. The van der Waals surface area contributed by atoms with Gasteiger partial charge in [0.15, 0.2) is 0 Å². The molecule has 1 aromatic rings. The van der Waals surface area contributed by atoms with E-state index >= 15 is 0 Å². The second kappa shape index (κ2) is 5.86. The SMILES string of the molecule is CC(C#N)CNC(=O)c1c(F)ccc([N+](=O)[O-])c1F. The lowest BCUT2D eigenvalue weighted by atomic mass is 10.1. The van der Waals surface area contributed by atoms with Crippen molar-refractivity contribution in [3.05, 3.63) is 39.4 Å². The van der Waals surface area contributed by atoms with Gasteiger partial charge < -0.3 is 5.32 Å². The summed E-state index contributed by atoms with van der Waals surface area (Å²) in [6, 6.07) is 3.10. The van der Waals surface area contributed by atoms with Crippen LogP contribution in [-0.4, -0.2) is 17.4 Å². The summed E-state index contributed by atoms with van der Waals surface area (Å²) < 4.78 is 27.0. The molecule has 1 aromatic carbocycles. The molecule has 1 unspecified atom stereocenters. The molecule has 0 saturated heterocycles. The summed E-state index contributed by atoms with van der Waals surface area (Å²) in [6.45, 7) is 1.39. The Kier molecular flexibility index (Phi) is 4.47. The zero-order chi connectivity index (χ0) is 14.6. The van der Waals surface area contributed by atoms with Crippen molar-refractivity contribution >= 4 is 11.6 Å². The Hall–Kier alpha value is -2.56. The first-order valence-corrected chi connectivity index (χ1v) is 5.18. The van der Waals surface area contributed by atoms with Gasteiger partial charge in [-0.2, -0.15) is 9.65 Å². The number of hydrogen-bond donors (Lipinski definition) is 1. The summed E-state index contributed by atoms with van der Waals surface area (Å²) in [6.07, 6.45) is 0. The quantitative estimate of drug-likeness (QED) is 0.665. The predicted octanol–water partition coefficient (Wildman–Crippen LogP) is 1.76. The first kappa shape index (κ1) is 14.5. The van der Waals surface area contributed by atoms with Crippen LogP contribution in [-0.2, 0) is 0 Å². The number of rotatable bonds is 4. The van der Waals surface area contributed by atoms with Crippen molar-refractivity contribution in [2.24, 2.45) is 5.92 Å². The van der Waals surface area contributed by atoms with E-state index in [1.807, 2.05) is 6.07 Å². The lowest BCUT2D eigenvalue weighted by Gasteiger charge is -2.08. The molecule has 0 bridgehead atoms. The van der Waals surface area contributed by atoms with E-state index in [0.29, 0.717) is 12.1 Å². The number of nitrogens with zero attached hydrogens (tertiary/aromatic N) is 2. The van der Waals surface area contributed by atoms with Crippen LogP contribution in [0.3, 0.4) is 0 Å². The van der Waals surface area contributed by atoms with Gasteiger partial charge in [-0.1, -0.05) is 0 Å². The van der Waals surface area contributed by atoms with Crippen molar-refractivity contribution in [3.63, 3.8) is 0 Å². The molecule has 0 heterocycles. The largest absolute Gasteiger partial charge is 0.351 e. The highest BCUT2D eigenvalue weighted by Crippen LogP contribution is 2.22. The molecule has 0 fully saturated rings. The Morgan fingerprint density at radius 2 is 2.21 bits per heavy atom. The van der Waals surface area contributed by atoms with E-state index in [1.54, 1.807) is 0 Å². The number of nitrogens with one attached hydrogen (secondary N) is 1. The zero-order valence-electron chi connectivity index (χ0n) is 9.81. The number of halogens is 2. The van der Waals surface area contributed by atoms with Crippen LogP contribution in [0, 0.1) is 39.0 Å². The highest BCUT2D eigenvalue weighted by atomic mass is 19.1. The van der Waals surface area contributed by atoms with E-state index in [-0.39, 0.29) is 6.54 Å². The van der Waals surface area contributed by atoms with Crippen molar-refractivity contribution in [1.82, 2.24) is 5.32 Å². The minimum atomic E-state index is -1.54. The molecule has 0 spiro atoms. The van der Waals surface area contributed by atoms with E-state index in [1.165, 1.54) is 6.92 Å². The molecule has 19 heavy (non-hydrogen) atoms. The van der Waals surface area contributed by atoms with Crippen molar-refractivity contribution in [3.8, 4) is 6.07 Å². The molecular weight excluding hydrogens is 260 g/mol. The molecule has 0 aliphatic heterocycles.